The van der Waals surface area contributed by atoms with E-state index in [2.05, 4.69) is 0 Å². The number of rotatable bonds is 4. The normalized spacial score (nSPS) is 10.4. The van der Waals surface area contributed by atoms with Crippen LogP contribution in [0.3, 0.4) is 0 Å². The van der Waals surface area contributed by atoms with Gasteiger partial charge in [0.2, 0.25) is 5.75 Å². The van der Waals surface area contributed by atoms with Gasteiger partial charge in [-0.1, -0.05) is 0 Å². The fraction of sp³-hybridized carbons (Fsp3) is 0.182. The number of methoxy groups -OCH3 is 2. The maximum absolute atomic E-state index is 10.3. The van der Waals surface area contributed by atoms with Crippen LogP contribution in [0.25, 0.3) is 6.08 Å². The maximum Gasteiger partial charge on any atom is 0.328 e. The number of carboxylic acids is 1. The van der Waals surface area contributed by atoms with E-state index in [9.17, 15) is 9.90 Å². The van der Waals surface area contributed by atoms with Crippen molar-refractivity contribution in [2.45, 2.75) is 0 Å². The Morgan fingerprint density at radius 1 is 1.25 bits per heavy atom. The second-order valence-electron chi connectivity index (χ2n) is 2.95. The number of ether oxygens (including phenoxy) is 2. The first-order valence-electron chi connectivity index (χ1n) is 4.44. The van der Waals surface area contributed by atoms with E-state index in [1.807, 2.05) is 0 Å². The van der Waals surface area contributed by atoms with Crippen molar-refractivity contribution < 1.29 is 24.5 Å². The Morgan fingerprint density at radius 3 is 2.12 bits per heavy atom. The number of aromatic hydroxyl groups is 1. The van der Waals surface area contributed by atoms with Crippen LogP contribution < -0.4 is 9.47 Å². The Hall–Kier alpha value is -2.17. The van der Waals surface area contributed by atoms with Gasteiger partial charge in [0.25, 0.3) is 0 Å². The number of aliphatic carboxylic acids is 1. The lowest BCUT2D eigenvalue weighted by atomic mass is 10.2. The molecule has 0 heterocycles. The maximum atomic E-state index is 10.3. The smallest absolute Gasteiger partial charge is 0.328 e. The van der Waals surface area contributed by atoms with Gasteiger partial charge in [-0.05, 0) is 23.8 Å². The molecule has 5 heteroatoms. The van der Waals surface area contributed by atoms with Gasteiger partial charge in [-0.3, -0.25) is 0 Å². The second-order valence-corrected chi connectivity index (χ2v) is 2.95. The lowest BCUT2D eigenvalue weighted by Crippen LogP contribution is -1.91. The summed E-state index contributed by atoms with van der Waals surface area (Å²) in [6.45, 7) is 0. The molecule has 0 atom stereocenters. The summed E-state index contributed by atoms with van der Waals surface area (Å²) < 4.78 is 9.85. The first-order chi connectivity index (χ1) is 7.58. The average molecular weight is 226 g/mol. The number of hydrogen-bond donors (Lipinski definition) is 2. The topological polar surface area (TPSA) is 76.0 Å². The van der Waals surface area contributed by atoms with E-state index < -0.39 is 5.97 Å². The number of hydrogen-bond acceptors (Lipinski definition) is 4. The van der Waals surface area contributed by atoms with E-state index in [1.54, 1.807) is 0 Å². The van der Waals surface area contributed by atoms with E-state index in [-0.39, 0.29) is 17.2 Å². The summed E-state index contributed by atoms with van der Waals surface area (Å²) in [6, 6.07) is 3.02. The third-order valence-electron chi connectivity index (χ3n) is 1.92. The third-order valence-corrected chi connectivity index (χ3v) is 1.92. The SMILES string of the molecule is COc1cc(/[13CH]=[13CH]/C(=O)O)cc(OC)c1O. The molecule has 1 aromatic carbocycles. The zero-order valence-electron chi connectivity index (χ0n) is 8.93. The summed E-state index contributed by atoms with van der Waals surface area (Å²) in [7, 11) is 2.80. The molecule has 2 N–H and O–H groups in total. The van der Waals surface area contributed by atoms with E-state index in [1.165, 1.54) is 32.4 Å². The van der Waals surface area contributed by atoms with Crippen LogP contribution in [0, 0.1) is 0 Å². The van der Waals surface area contributed by atoms with Crippen LogP contribution in [-0.4, -0.2) is 30.4 Å². The van der Waals surface area contributed by atoms with E-state index in [4.69, 9.17) is 14.6 Å². The standard InChI is InChI=1S/C11H12O5/c1-15-8-5-7(3-4-10(12)13)6-9(16-2)11(8)14/h3-6,14H,1-2H3,(H,12,13)/b4-3+/i3+1,4+1. The summed E-state index contributed by atoms with van der Waals surface area (Å²) in [4.78, 5) is 10.3. The molecule has 0 bridgehead atoms. The zero-order chi connectivity index (χ0) is 12.1. The van der Waals surface area contributed by atoms with Gasteiger partial charge in [0.05, 0.1) is 14.2 Å². The van der Waals surface area contributed by atoms with Gasteiger partial charge in [-0.2, -0.15) is 0 Å². The van der Waals surface area contributed by atoms with Crippen molar-refractivity contribution in [3.8, 4) is 17.2 Å². The summed E-state index contributed by atoms with van der Waals surface area (Å²) in [5.41, 5.74) is 0.564. The Bertz CT molecular complexity index is 397. The van der Waals surface area contributed by atoms with Gasteiger partial charge in [0, 0.05) is 6.08 Å². The quantitative estimate of drug-likeness (QED) is 0.601. The number of benzene rings is 1. The van der Waals surface area contributed by atoms with Crippen LogP contribution in [0.2, 0.25) is 0 Å². The highest BCUT2D eigenvalue weighted by Gasteiger charge is 2.09. The van der Waals surface area contributed by atoms with Gasteiger partial charge in [-0.25, -0.2) is 4.79 Å². The summed E-state index contributed by atoms with van der Waals surface area (Å²) >= 11 is 0. The lowest BCUT2D eigenvalue weighted by Gasteiger charge is -2.09. The summed E-state index contributed by atoms with van der Waals surface area (Å²) in [5.74, 6) is -0.711. The molecule has 0 saturated carbocycles. The van der Waals surface area contributed by atoms with Crippen molar-refractivity contribution in [3.05, 3.63) is 23.8 Å². The van der Waals surface area contributed by atoms with E-state index in [0.29, 0.717) is 5.56 Å². The fourth-order valence-electron chi connectivity index (χ4n) is 1.18. The van der Waals surface area contributed by atoms with Crippen LogP contribution in [0.1, 0.15) is 5.56 Å². The molecular formula is C11H12O5. The summed E-state index contributed by atoms with van der Waals surface area (Å²) in [5, 5.41) is 18.1. The molecule has 0 saturated heterocycles. The van der Waals surface area contributed by atoms with Gasteiger partial charge < -0.3 is 19.7 Å². The zero-order valence-corrected chi connectivity index (χ0v) is 8.93. The summed E-state index contributed by atoms with van der Waals surface area (Å²) in [6.07, 6.45) is 2.37. The van der Waals surface area contributed by atoms with Crippen LogP contribution in [0.4, 0.5) is 0 Å². The Balaban J connectivity index is 3.16. The van der Waals surface area contributed by atoms with Gasteiger partial charge in [0.1, 0.15) is 0 Å². The lowest BCUT2D eigenvalue weighted by molar-refractivity contribution is -0.131. The highest BCUT2D eigenvalue weighted by atomic mass is 16.5. The molecule has 0 aliphatic heterocycles. The van der Waals surface area contributed by atoms with E-state index >= 15 is 0 Å². The Kier molecular flexibility index (Phi) is 3.77. The molecule has 1 aromatic rings. The molecule has 0 aliphatic carbocycles. The average Bonchev–Trinajstić information content (AvgIpc) is 2.27. The molecule has 0 unspecified atom stereocenters. The number of phenolic OH excluding ortho intramolecular Hbond substituents is 1. The van der Waals surface area contributed by atoms with Crippen molar-refractivity contribution in [2.24, 2.45) is 0 Å². The van der Waals surface area contributed by atoms with Gasteiger partial charge in [-0.15, -0.1) is 0 Å². The molecule has 0 amide bonds. The minimum absolute atomic E-state index is 0.113. The van der Waals surface area contributed by atoms with Crippen molar-refractivity contribution in [1.29, 1.82) is 0 Å². The minimum atomic E-state index is -1.05. The fourth-order valence-corrected chi connectivity index (χ4v) is 1.18. The van der Waals surface area contributed by atoms with Crippen molar-refractivity contribution in [3.63, 3.8) is 0 Å². The Morgan fingerprint density at radius 2 is 1.75 bits per heavy atom. The molecule has 5 nitrogen and oxygen atoms in total. The molecular weight excluding hydrogens is 214 g/mol. The molecule has 0 spiro atoms. The molecule has 1 rings (SSSR count). The monoisotopic (exact) mass is 226 g/mol. The molecule has 0 aromatic heterocycles. The third kappa shape index (κ3) is 2.66. The first kappa shape index (κ1) is 11.9. The van der Waals surface area contributed by atoms with Gasteiger partial charge >= 0.3 is 5.97 Å². The number of carbonyl (C=O) groups is 1. The van der Waals surface area contributed by atoms with Crippen LogP contribution in [0.15, 0.2) is 18.2 Å². The highest BCUT2D eigenvalue weighted by Crippen LogP contribution is 2.37. The van der Waals surface area contributed by atoms with E-state index in [0.717, 1.165) is 6.08 Å². The molecule has 0 radical (unpaired) electrons. The molecule has 0 fully saturated rings. The van der Waals surface area contributed by atoms with Gasteiger partial charge in [0.15, 0.2) is 11.5 Å². The predicted molar refractivity (Wildman–Crippen MR) is 57.9 cm³/mol. The van der Waals surface area contributed by atoms with Crippen molar-refractivity contribution in [2.75, 3.05) is 14.2 Å². The molecule has 16 heavy (non-hydrogen) atoms. The predicted octanol–water partition coefficient (Wildman–Crippen LogP) is 1.51. The molecule has 0 aliphatic rings. The first-order valence-corrected chi connectivity index (χ1v) is 4.44. The minimum Gasteiger partial charge on any atom is -0.502 e. The van der Waals surface area contributed by atoms with Crippen LogP contribution >= 0.6 is 0 Å². The van der Waals surface area contributed by atoms with Crippen molar-refractivity contribution >= 4 is 12.0 Å². The van der Waals surface area contributed by atoms with Crippen LogP contribution in [-0.2, 0) is 4.79 Å². The van der Waals surface area contributed by atoms with Crippen molar-refractivity contribution in [1.82, 2.24) is 0 Å². The number of carboxylic acid groups (broad SMARTS) is 1. The second kappa shape index (κ2) is 5.06. The molecule has 86 valence electrons. The van der Waals surface area contributed by atoms with Crippen LogP contribution in [0.5, 0.6) is 17.2 Å². The Labute approximate surface area is 92.5 Å². The highest BCUT2D eigenvalue weighted by molar-refractivity contribution is 5.85. The largest absolute Gasteiger partial charge is 0.502 e. The number of phenols is 1.